The normalized spacial score (nSPS) is 28.7. The summed E-state index contributed by atoms with van der Waals surface area (Å²) in [4.78, 5) is 2.71. The Labute approximate surface area is 122 Å². The van der Waals surface area contributed by atoms with E-state index in [0.717, 1.165) is 24.9 Å². The molecule has 0 spiro atoms. The van der Waals surface area contributed by atoms with Crippen LogP contribution in [0.4, 0.5) is 0 Å². The van der Waals surface area contributed by atoms with E-state index in [4.69, 9.17) is 4.74 Å². The van der Waals surface area contributed by atoms with E-state index in [9.17, 15) is 0 Å². The number of methoxy groups -OCH3 is 1. The fraction of sp³-hybridized carbons (Fsp3) is 0.647. The average molecular weight is 274 g/mol. The molecule has 0 unspecified atom stereocenters. The minimum Gasteiger partial charge on any atom is -0.497 e. The fourth-order valence-corrected chi connectivity index (χ4v) is 3.85. The van der Waals surface area contributed by atoms with Crippen molar-refractivity contribution in [2.24, 2.45) is 0 Å². The summed E-state index contributed by atoms with van der Waals surface area (Å²) < 4.78 is 5.26. The molecule has 3 nitrogen and oxygen atoms in total. The highest BCUT2D eigenvalue weighted by atomic mass is 16.5. The summed E-state index contributed by atoms with van der Waals surface area (Å²) in [5.41, 5.74) is 1.40. The quantitative estimate of drug-likeness (QED) is 0.917. The van der Waals surface area contributed by atoms with Crippen LogP contribution in [0, 0.1) is 0 Å². The van der Waals surface area contributed by atoms with E-state index in [1.54, 1.807) is 7.11 Å². The molecule has 1 N–H and O–H groups in total. The molecule has 1 heterocycles. The van der Waals surface area contributed by atoms with Gasteiger partial charge in [0.1, 0.15) is 5.75 Å². The highest BCUT2D eigenvalue weighted by Crippen LogP contribution is 2.32. The summed E-state index contributed by atoms with van der Waals surface area (Å²) in [5.74, 6) is 0.941. The predicted octanol–water partition coefficient (Wildman–Crippen LogP) is 2.97. The van der Waals surface area contributed by atoms with Gasteiger partial charge in [0.05, 0.1) is 7.11 Å². The van der Waals surface area contributed by atoms with Gasteiger partial charge in [-0.15, -0.1) is 0 Å². The Morgan fingerprint density at radius 2 is 1.95 bits per heavy atom. The number of rotatable bonds is 3. The molecule has 2 aliphatic rings. The van der Waals surface area contributed by atoms with Gasteiger partial charge in [0.2, 0.25) is 0 Å². The molecule has 2 fully saturated rings. The monoisotopic (exact) mass is 274 g/mol. The summed E-state index contributed by atoms with van der Waals surface area (Å²) in [6, 6.07) is 10.5. The first kappa shape index (κ1) is 13.9. The number of benzene rings is 1. The molecule has 1 aromatic rings. The van der Waals surface area contributed by atoms with E-state index in [1.807, 2.05) is 0 Å². The number of ether oxygens (including phenoxy) is 1. The van der Waals surface area contributed by atoms with E-state index in [2.05, 4.69) is 41.4 Å². The molecule has 0 radical (unpaired) electrons. The molecule has 0 amide bonds. The van der Waals surface area contributed by atoms with Gasteiger partial charge in [0.25, 0.3) is 0 Å². The second kappa shape index (κ2) is 6.15. The van der Waals surface area contributed by atoms with Crippen LogP contribution in [0.1, 0.15) is 44.2 Å². The molecule has 3 heteroatoms. The van der Waals surface area contributed by atoms with Gasteiger partial charge < -0.3 is 10.1 Å². The van der Waals surface area contributed by atoms with Gasteiger partial charge in [-0.25, -0.2) is 0 Å². The average Bonchev–Trinajstić information content (AvgIpc) is 2.54. The van der Waals surface area contributed by atoms with Crippen molar-refractivity contribution in [1.82, 2.24) is 10.2 Å². The first-order valence-corrected chi connectivity index (χ1v) is 7.92. The van der Waals surface area contributed by atoms with Crippen molar-refractivity contribution >= 4 is 0 Å². The Bertz CT molecular complexity index is 429. The zero-order valence-electron chi connectivity index (χ0n) is 12.6. The summed E-state index contributed by atoms with van der Waals surface area (Å²) in [7, 11) is 1.72. The van der Waals surface area contributed by atoms with Gasteiger partial charge >= 0.3 is 0 Å². The standard InChI is InChI=1S/C17H26N2O/c1-13(14-7-9-15(20-2)10-8-14)19-12-11-18-16-5-3-4-6-17(16)19/h7-10,13,16-18H,3-6,11-12H2,1-2H3/t13-,16+,17+/m0/s1. The van der Waals surface area contributed by atoms with Crippen LogP contribution in [0.2, 0.25) is 0 Å². The highest BCUT2D eigenvalue weighted by molar-refractivity contribution is 5.29. The maximum absolute atomic E-state index is 5.26. The van der Waals surface area contributed by atoms with Crippen molar-refractivity contribution in [3.05, 3.63) is 29.8 Å². The van der Waals surface area contributed by atoms with Gasteiger partial charge in [-0.2, -0.15) is 0 Å². The maximum Gasteiger partial charge on any atom is 0.118 e. The number of fused-ring (bicyclic) bond motifs is 1. The second-order valence-electron chi connectivity index (χ2n) is 6.10. The smallest absolute Gasteiger partial charge is 0.118 e. The Kier molecular flexibility index (Phi) is 4.27. The molecule has 3 atom stereocenters. The first-order chi connectivity index (χ1) is 9.79. The zero-order valence-corrected chi connectivity index (χ0v) is 12.6. The molecule has 0 aromatic heterocycles. The number of hydrogen-bond acceptors (Lipinski definition) is 3. The van der Waals surface area contributed by atoms with Crippen LogP contribution in [0.15, 0.2) is 24.3 Å². The maximum atomic E-state index is 5.26. The van der Waals surface area contributed by atoms with Crippen molar-refractivity contribution in [3.8, 4) is 5.75 Å². The van der Waals surface area contributed by atoms with Crippen LogP contribution in [-0.4, -0.2) is 37.2 Å². The molecule has 1 aliphatic heterocycles. The van der Waals surface area contributed by atoms with E-state index >= 15 is 0 Å². The molecule has 1 saturated heterocycles. The highest BCUT2D eigenvalue weighted by Gasteiger charge is 2.35. The molecular weight excluding hydrogens is 248 g/mol. The Morgan fingerprint density at radius 1 is 1.20 bits per heavy atom. The van der Waals surface area contributed by atoms with E-state index in [1.165, 1.54) is 31.2 Å². The summed E-state index contributed by atoms with van der Waals surface area (Å²) in [5, 5.41) is 3.71. The Balaban J connectivity index is 1.75. The molecule has 20 heavy (non-hydrogen) atoms. The molecule has 0 bridgehead atoms. The van der Waals surface area contributed by atoms with Crippen molar-refractivity contribution in [1.29, 1.82) is 0 Å². The molecule has 1 aromatic carbocycles. The van der Waals surface area contributed by atoms with Crippen LogP contribution >= 0.6 is 0 Å². The summed E-state index contributed by atoms with van der Waals surface area (Å²) >= 11 is 0. The van der Waals surface area contributed by atoms with Gasteiger partial charge in [-0.05, 0) is 37.5 Å². The number of piperazine rings is 1. The van der Waals surface area contributed by atoms with Crippen LogP contribution in [0.3, 0.4) is 0 Å². The van der Waals surface area contributed by atoms with Crippen LogP contribution in [-0.2, 0) is 0 Å². The summed E-state index contributed by atoms with van der Waals surface area (Å²) in [6.07, 6.45) is 5.46. The van der Waals surface area contributed by atoms with Crippen LogP contribution in [0.25, 0.3) is 0 Å². The molecule has 1 aliphatic carbocycles. The Hall–Kier alpha value is -1.06. The molecule has 110 valence electrons. The van der Waals surface area contributed by atoms with E-state index < -0.39 is 0 Å². The van der Waals surface area contributed by atoms with E-state index in [-0.39, 0.29) is 0 Å². The van der Waals surface area contributed by atoms with Crippen LogP contribution < -0.4 is 10.1 Å². The third kappa shape index (κ3) is 2.70. The van der Waals surface area contributed by atoms with Gasteiger partial charge in [0, 0.05) is 31.2 Å². The van der Waals surface area contributed by atoms with E-state index in [0.29, 0.717) is 12.1 Å². The largest absolute Gasteiger partial charge is 0.497 e. The molecule has 3 rings (SSSR count). The minimum atomic E-state index is 0.494. The minimum absolute atomic E-state index is 0.494. The SMILES string of the molecule is COc1ccc([C@H](C)N2CCN[C@@H]3CCCC[C@H]32)cc1. The summed E-state index contributed by atoms with van der Waals surface area (Å²) in [6.45, 7) is 4.63. The third-order valence-electron chi connectivity index (χ3n) is 5.03. The van der Waals surface area contributed by atoms with Gasteiger partial charge in [-0.1, -0.05) is 25.0 Å². The topological polar surface area (TPSA) is 24.5 Å². The second-order valence-corrected chi connectivity index (χ2v) is 6.10. The molecular formula is C17H26N2O. The lowest BCUT2D eigenvalue weighted by Crippen LogP contribution is -2.59. The van der Waals surface area contributed by atoms with Crippen molar-refractivity contribution in [2.45, 2.75) is 50.7 Å². The Morgan fingerprint density at radius 3 is 2.70 bits per heavy atom. The first-order valence-electron chi connectivity index (χ1n) is 7.92. The van der Waals surface area contributed by atoms with Gasteiger partial charge in [0.15, 0.2) is 0 Å². The lowest BCUT2D eigenvalue weighted by molar-refractivity contribution is 0.0550. The number of nitrogens with one attached hydrogen (secondary N) is 1. The number of hydrogen-bond donors (Lipinski definition) is 1. The fourth-order valence-electron chi connectivity index (χ4n) is 3.85. The van der Waals surface area contributed by atoms with Crippen molar-refractivity contribution < 1.29 is 4.74 Å². The lowest BCUT2D eigenvalue weighted by atomic mass is 9.86. The zero-order chi connectivity index (χ0) is 13.9. The van der Waals surface area contributed by atoms with Crippen molar-refractivity contribution in [2.75, 3.05) is 20.2 Å². The lowest BCUT2D eigenvalue weighted by Gasteiger charge is -2.47. The van der Waals surface area contributed by atoms with Gasteiger partial charge in [-0.3, -0.25) is 4.90 Å². The third-order valence-corrected chi connectivity index (χ3v) is 5.03. The van der Waals surface area contributed by atoms with Crippen molar-refractivity contribution in [3.63, 3.8) is 0 Å². The molecule has 1 saturated carbocycles. The van der Waals surface area contributed by atoms with Crippen LogP contribution in [0.5, 0.6) is 5.75 Å². The predicted molar refractivity (Wildman–Crippen MR) is 82.2 cm³/mol. The number of nitrogens with zero attached hydrogens (tertiary/aromatic N) is 1.